The van der Waals surface area contributed by atoms with E-state index in [2.05, 4.69) is 37.9 Å². The van der Waals surface area contributed by atoms with Gasteiger partial charge in [0.1, 0.15) is 18.2 Å². The fourth-order valence-corrected chi connectivity index (χ4v) is 1.88. The third-order valence-corrected chi connectivity index (χ3v) is 3.07. The molecule has 0 unspecified atom stereocenters. The van der Waals surface area contributed by atoms with Gasteiger partial charge in [-0.25, -0.2) is 4.98 Å². The number of benzene rings is 1. The number of nitrogen functional groups attached to an aromatic ring is 1. The van der Waals surface area contributed by atoms with Gasteiger partial charge in [-0.1, -0.05) is 12.1 Å². The number of rotatable bonds is 3. The van der Waals surface area contributed by atoms with Gasteiger partial charge in [0.05, 0.1) is 0 Å². The fraction of sp³-hybridized carbons (Fsp3) is 0.267. The molecule has 2 aromatic rings. The Morgan fingerprint density at radius 1 is 1.22 bits per heavy atom. The third-order valence-electron chi connectivity index (χ3n) is 3.07. The highest BCUT2D eigenvalue weighted by Crippen LogP contribution is 2.24. The van der Waals surface area contributed by atoms with E-state index in [0.717, 1.165) is 11.3 Å². The van der Waals surface area contributed by atoms with E-state index in [1.165, 1.54) is 16.7 Å². The summed E-state index contributed by atoms with van der Waals surface area (Å²) in [5.74, 6) is 1.44. The highest BCUT2D eigenvalue weighted by Gasteiger charge is 2.06. The van der Waals surface area contributed by atoms with Crippen molar-refractivity contribution in [3.63, 3.8) is 0 Å². The average Bonchev–Trinajstić information content (AvgIpc) is 2.33. The molecule has 2 rings (SSSR count). The summed E-state index contributed by atoms with van der Waals surface area (Å²) in [7, 11) is 0. The van der Waals surface area contributed by atoms with Crippen molar-refractivity contribution in [1.82, 2.24) is 4.98 Å². The Labute approximate surface area is 108 Å². The maximum atomic E-state index is 5.85. The predicted octanol–water partition coefficient (Wildman–Crippen LogP) is 3.17. The van der Waals surface area contributed by atoms with Gasteiger partial charge in [-0.15, -0.1) is 0 Å². The number of aromatic nitrogens is 1. The van der Waals surface area contributed by atoms with Crippen molar-refractivity contribution in [2.75, 3.05) is 5.73 Å². The van der Waals surface area contributed by atoms with Gasteiger partial charge in [0.2, 0.25) is 0 Å². The molecule has 0 aliphatic rings. The zero-order valence-electron chi connectivity index (χ0n) is 11.0. The molecule has 18 heavy (non-hydrogen) atoms. The molecule has 0 spiro atoms. The molecule has 0 saturated carbocycles. The normalized spacial score (nSPS) is 10.4. The standard InChI is InChI=1S/C15H18N2O/c1-10-7-11(2)12(3)14(8-10)18-9-13-5-4-6-17-15(13)16/h4-8H,9H2,1-3H3,(H2,16,17). The molecule has 3 heteroatoms. The number of ether oxygens (including phenoxy) is 1. The van der Waals surface area contributed by atoms with E-state index in [-0.39, 0.29) is 0 Å². The molecule has 3 nitrogen and oxygen atoms in total. The molecular formula is C15H18N2O. The molecule has 94 valence electrons. The Bertz CT molecular complexity index is 564. The number of aryl methyl sites for hydroxylation is 2. The summed E-state index contributed by atoms with van der Waals surface area (Å²) in [5, 5.41) is 0. The third kappa shape index (κ3) is 2.62. The van der Waals surface area contributed by atoms with E-state index in [0.29, 0.717) is 12.4 Å². The van der Waals surface area contributed by atoms with Crippen LogP contribution in [-0.2, 0) is 6.61 Å². The Hall–Kier alpha value is -2.03. The van der Waals surface area contributed by atoms with E-state index >= 15 is 0 Å². The quantitative estimate of drug-likeness (QED) is 0.899. The highest BCUT2D eigenvalue weighted by atomic mass is 16.5. The molecule has 1 aromatic carbocycles. The van der Waals surface area contributed by atoms with E-state index in [4.69, 9.17) is 10.5 Å². The Morgan fingerprint density at radius 2 is 2.00 bits per heavy atom. The highest BCUT2D eigenvalue weighted by molar-refractivity contribution is 5.43. The van der Waals surface area contributed by atoms with Gasteiger partial charge in [-0.3, -0.25) is 0 Å². The van der Waals surface area contributed by atoms with Gasteiger partial charge in [0.15, 0.2) is 0 Å². The molecule has 0 aliphatic heterocycles. The number of nitrogens with two attached hydrogens (primary N) is 1. The number of anilines is 1. The topological polar surface area (TPSA) is 48.1 Å². The first-order chi connectivity index (χ1) is 8.58. The zero-order chi connectivity index (χ0) is 13.1. The van der Waals surface area contributed by atoms with Crippen molar-refractivity contribution in [1.29, 1.82) is 0 Å². The van der Waals surface area contributed by atoms with Crippen LogP contribution in [0.25, 0.3) is 0 Å². The average molecular weight is 242 g/mol. The van der Waals surface area contributed by atoms with Crippen LogP contribution in [0.5, 0.6) is 5.75 Å². The van der Waals surface area contributed by atoms with Crippen molar-refractivity contribution >= 4 is 5.82 Å². The lowest BCUT2D eigenvalue weighted by atomic mass is 10.1. The number of pyridine rings is 1. The van der Waals surface area contributed by atoms with Gasteiger partial charge in [0.25, 0.3) is 0 Å². The van der Waals surface area contributed by atoms with Crippen LogP contribution >= 0.6 is 0 Å². The van der Waals surface area contributed by atoms with Crippen molar-refractivity contribution in [2.45, 2.75) is 27.4 Å². The monoisotopic (exact) mass is 242 g/mol. The molecule has 0 amide bonds. The van der Waals surface area contributed by atoms with Crippen LogP contribution in [0, 0.1) is 20.8 Å². The van der Waals surface area contributed by atoms with Crippen LogP contribution < -0.4 is 10.5 Å². The lowest BCUT2D eigenvalue weighted by Crippen LogP contribution is -2.03. The summed E-state index contributed by atoms with van der Waals surface area (Å²) < 4.78 is 5.85. The summed E-state index contributed by atoms with van der Waals surface area (Å²) in [6.07, 6.45) is 1.68. The molecule has 0 bridgehead atoms. The lowest BCUT2D eigenvalue weighted by Gasteiger charge is -2.13. The first kappa shape index (κ1) is 12.4. The van der Waals surface area contributed by atoms with Crippen LogP contribution in [0.3, 0.4) is 0 Å². The maximum absolute atomic E-state index is 5.85. The van der Waals surface area contributed by atoms with E-state index in [1.54, 1.807) is 6.20 Å². The Kier molecular flexibility index (Phi) is 3.51. The summed E-state index contributed by atoms with van der Waals surface area (Å²) >= 11 is 0. The molecule has 0 fully saturated rings. The van der Waals surface area contributed by atoms with Crippen molar-refractivity contribution in [3.8, 4) is 5.75 Å². The predicted molar refractivity (Wildman–Crippen MR) is 73.6 cm³/mol. The summed E-state index contributed by atoms with van der Waals surface area (Å²) in [5.41, 5.74) is 10.3. The van der Waals surface area contributed by atoms with Gasteiger partial charge in [-0.2, -0.15) is 0 Å². The van der Waals surface area contributed by atoms with Crippen molar-refractivity contribution in [3.05, 3.63) is 52.7 Å². The van der Waals surface area contributed by atoms with Gasteiger partial charge >= 0.3 is 0 Å². The largest absolute Gasteiger partial charge is 0.488 e. The molecule has 2 N–H and O–H groups in total. The summed E-state index contributed by atoms with van der Waals surface area (Å²) in [6, 6.07) is 8.00. The van der Waals surface area contributed by atoms with Gasteiger partial charge in [0, 0.05) is 11.8 Å². The Morgan fingerprint density at radius 3 is 2.72 bits per heavy atom. The molecule has 1 aromatic heterocycles. The van der Waals surface area contributed by atoms with Crippen LogP contribution in [0.2, 0.25) is 0 Å². The summed E-state index contributed by atoms with van der Waals surface area (Å²) in [6.45, 7) is 6.67. The molecule has 1 heterocycles. The number of hydrogen-bond acceptors (Lipinski definition) is 3. The fourth-order valence-electron chi connectivity index (χ4n) is 1.88. The maximum Gasteiger partial charge on any atom is 0.129 e. The van der Waals surface area contributed by atoms with E-state index in [1.807, 2.05) is 12.1 Å². The number of hydrogen-bond donors (Lipinski definition) is 1. The van der Waals surface area contributed by atoms with Crippen LogP contribution in [0.4, 0.5) is 5.82 Å². The lowest BCUT2D eigenvalue weighted by molar-refractivity contribution is 0.304. The number of nitrogens with zero attached hydrogens (tertiary/aromatic N) is 1. The molecule has 0 saturated heterocycles. The Balaban J connectivity index is 2.18. The first-order valence-corrected chi connectivity index (χ1v) is 5.98. The van der Waals surface area contributed by atoms with Gasteiger partial charge in [-0.05, 0) is 49.6 Å². The molecule has 0 radical (unpaired) electrons. The van der Waals surface area contributed by atoms with Crippen LogP contribution in [0.15, 0.2) is 30.5 Å². The van der Waals surface area contributed by atoms with Gasteiger partial charge < -0.3 is 10.5 Å². The zero-order valence-corrected chi connectivity index (χ0v) is 11.0. The van der Waals surface area contributed by atoms with Crippen molar-refractivity contribution < 1.29 is 4.74 Å². The van der Waals surface area contributed by atoms with Crippen LogP contribution in [-0.4, -0.2) is 4.98 Å². The summed E-state index contributed by atoms with van der Waals surface area (Å²) in [4.78, 5) is 4.05. The minimum atomic E-state index is 0.448. The second-order valence-electron chi connectivity index (χ2n) is 4.54. The smallest absolute Gasteiger partial charge is 0.129 e. The minimum Gasteiger partial charge on any atom is -0.488 e. The van der Waals surface area contributed by atoms with E-state index in [9.17, 15) is 0 Å². The first-order valence-electron chi connectivity index (χ1n) is 5.98. The second-order valence-corrected chi connectivity index (χ2v) is 4.54. The van der Waals surface area contributed by atoms with Crippen molar-refractivity contribution in [2.24, 2.45) is 0 Å². The van der Waals surface area contributed by atoms with E-state index < -0.39 is 0 Å². The van der Waals surface area contributed by atoms with Crippen LogP contribution in [0.1, 0.15) is 22.3 Å². The molecule has 0 aliphatic carbocycles. The molecular weight excluding hydrogens is 224 g/mol. The minimum absolute atomic E-state index is 0.448. The second kappa shape index (κ2) is 5.08. The SMILES string of the molecule is Cc1cc(C)c(C)c(OCc2cccnc2N)c1. The molecule has 0 atom stereocenters.